The van der Waals surface area contributed by atoms with Gasteiger partial charge in [0.1, 0.15) is 11.6 Å². The van der Waals surface area contributed by atoms with Crippen LogP contribution in [0.4, 0.5) is 8.78 Å². The summed E-state index contributed by atoms with van der Waals surface area (Å²) >= 11 is 5.94. The number of hydrogen-bond donors (Lipinski definition) is 1. The molecule has 0 radical (unpaired) electrons. The number of benzene rings is 1. The van der Waals surface area contributed by atoms with E-state index < -0.39 is 17.7 Å². The van der Waals surface area contributed by atoms with Crippen molar-refractivity contribution in [1.29, 1.82) is 0 Å². The molecule has 2 N–H and O–H groups in total. The third-order valence-electron chi connectivity index (χ3n) is 2.65. The van der Waals surface area contributed by atoms with Crippen molar-refractivity contribution in [2.45, 2.75) is 12.5 Å². The molecule has 1 aromatic carbocycles. The molecule has 2 rings (SSSR count). The lowest BCUT2D eigenvalue weighted by molar-refractivity contribution is 0.561. The molecule has 0 saturated carbocycles. The maximum absolute atomic E-state index is 13.5. The van der Waals surface area contributed by atoms with Crippen molar-refractivity contribution in [3.05, 3.63) is 64.4 Å². The van der Waals surface area contributed by atoms with E-state index in [0.29, 0.717) is 11.4 Å². The molecule has 1 atom stereocenters. The van der Waals surface area contributed by atoms with E-state index in [0.717, 1.165) is 23.8 Å². The largest absolute Gasteiger partial charge is 0.324 e. The summed E-state index contributed by atoms with van der Waals surface area (Å²) in [5.41, 5.74) is 6.77. The second-order valence-corrected chi connectivity index (χ2v) is 4.35. The normalized spacial score (nSPS) is 12.4. The van der Waals surface area contributed by atoms with Gasteiger partial charge < -0.3 is 5.73 Å². The Balaban J connectivity index is 2.25. The maximum atomic E-state index is 13.5. The molecule has 0 aliphatic rings. The van der Waals surface area contributed by atoms with E-state index in [1.54, 1.807) is 12.3 Å². The highest BCUT2D eigenvalue weighted by molar-refractivity contribution is 6.31. The van der Waals surface area contributed by atoms with Gasteiger partial charge >= 0.3 is 0 Å². The van der Waals surface area contributed by atoms with Crippen LogP contribution in [-0.4, -0.2) is 4.98 Å². The molecule has 1 heterocycles. The average Bonchev–Trinajstić information content (AvgIpc) is 2.35. The monoisotopic (exact) mass is 268 g/mol. The Morgan fingerprint density at radius 2 is 2.06 bits per heavy atom. The number of nitrogens with two attached hydrogens (primary N) is 1. The Morgan fingerprint density at radius 3 is 2.78 bits per heavy atom. The fraction of sp³-hybridized carbons (Fsp3) is 0.154. The lowest BCUT2D eigenvalue weighted by Crippen LogP contribution is -2.15. The Bertz CT molecular complexity index is 560. The maximum Gasteiger partial charge on any atom is 0.128 e. The van der Waals surface area contributed by atoms with Crippen molar-refractivity contribution in [2.24, 2.45) is 5.73 Å². The highest BCUT2D eigenvalue weighted by Gasteiger charge is 2.14. The van der Waals surface area contributed by atoms with Gasteiger partial charge in [0.2, 0.25) is 0 Å². The number of pyridine rings is 1. The lowest BCUT2D eigenvalue weighted by atomic mass is 10.00. The summed E-state index contributed by atoms with van der Waals surface area (Å²) in [5.74, 6) is -1.03. The third kappa shape index (κ3) is 2.83. The smallest absolute Gasteiger partial charge is 0.128 e. The van der Waals surface area contributed by atoms with Crippen LogP contribution in [0, 0.1) is 11.6 Å². The predicted octanol–water partition coefficient (Wildman–Crippen LogP) is 3.26. The van der Waals surface area contributed by atoms with Gasteiger partial charge in [-0.3, -0.25) is 4.98 Å². The minimum absolute atomic E-state index is 0.142. The molecule has 0 fully saturated rings. The topological polar surface area (TPSA) is 38.9 Å². The van der Waals surface area contributed by atoms with E-state index in [4.69, 9.17) is 17.3 Å². The first-order chi connectivity index (χ1) is 8.58. The summed E-state index contributed by atoms with van der Waals surface area (Å²) in [4.78, 5) is 3.85. The standard InChI is InChI=1S/C13H11ClF2N2/c14-11-7-18-4-3-8(11)5-13(17)10-6-9(15)1-2-12(10)16/h1-4,6-7,13H,5,17H2. The van der Waals surface area contributed by atoms with E-state index in [1.165, 1.54) is 6.20 Å². The number of nitrogens with zero attached hydrogens (tertiary/aromatic N) is 1. The Kier molecular flexibility index (Phi) is 3.89. The first-order valence-electron chi connectivity index (χ1n) is 5.37. The zero-order valence-electron chi connectivity index (χ0n) is 9.41. The highest BCUT2D eigenvalue weighted by atomic mass is 35.5. The quantitative estimate of drug-likeness (QED) is 0.928. The van der Waals surface area contributed by atoms with Crippen LogP contribution in [0.3, 0.4) is 0 Å². The van der Waals surface area contributed by atoms with Gasteiger partial charge in [0, 0.05) is 24.0 Å². The van der Waals surface area contributed by atoms with E-state index in [9.17, 15) is 8.78 Å². The summed E-state index contributed by atoms with van der Waals surface area (Å²) < 4.78 is 26.6. The Morgan fingerprint density at radius 1 is 1.28 bits per heavy atom. The third-order valence-corrected chi connectivity index (χ3v) is 2.99. The molecule has 94 valence electrons. The summed E-state index contributed by atoms with van der Waals surface area (Å²) in [5, 5.41) is 0.463. The zero-order chi connectivity index (χ0) is 13.1. The van der Waals surface area contributed by atoms with Crippen molar-refractivity contribution in [1.82, 2.24) is 4.98 Å². The van der Waals surface area contributed by atoms with Crippen molar-refractivity contribution in [3.8, 4) is 0 Å². The molecule has 0 aliphatic heterocycles. The summed E-state index contributed by atoms with van der Waals surface area (Å²) in [6, 6.07) is 4.29. The Hall–Kier alpha value is -1.52. The van der Waals surface area contributed by atoms with Crippen LogP contribution in [0.15, 0.2) is 36.7 Å². The van der Waals surface area contributed by atoms with Crippen LogP contribution in [-0.2, 0) is 6.42 Å². The number of rotatable bonds is 3. The van der Waals surface area contributed by atoms with E-state index in [-0.39, 0.29) is 5.56 Å². The van der Waals surface area contributed by atoms with Crippen molar-refractivity contribution in [3.63, 3.8) is 0 Å². The van der Waals surface area contributed by atoms with Crippen LogP contribution in [0.25, 0.3) is 0 Å². The molecule has 0 spiro atoms. The average molecular weight is 269 g/mol. The lowest BCUT2D eigenvalue weighted by Gasteiger charge is -2.14. The van der Waals surface area contributed by atoms with Crippen LogP contribution in [0.2, 0.25) is 5.02 Å². The molecule has 0 saturated heterocycles. The minimum Gasteiger partial charge on any atom is -0.324 e. The van der Waals surface area contributed by atoms with Crippen molar-refractivity contribution in [2.75, 3.05) is 0 Å². The number of hydrogen-bond acceptors (Lipinski definition) is 2. The van der Waals surface area contributed by atoms with Gasteiger partial charge in [0.15, 0.2) is 0 Å². The predicted molar refractivity (Wildman–Crippen MR) is 66.2 cm³/mol. The molecule has 0 bridgehead atoms. The molecule has 0 aliphatic carbocycles. The first kappa shape index (κ1) is 12.9. The zero-order valence-corrected chi connectivity index (χ0v) is 10.2. The molecule has 2 nitrogen and oxygen atoms in total. The van der Waals surface area contributed by atoms with Crippen LogP contribution in [0.5, 0.6) is 0 Å². The van der Waals surface area contributed by atoms with E-state index >= 15 is 0 Å². The summed E-state index contributed by atoms with van der Waals surface area (Å²) in [6.07, 6.45) is 3.39. The van der Waals surface area contributed by atoms with E-state index in [1.807, 2.05) is 0 Å². The van der Waals surface area contributed by atoms with Crippen LogP contribution >= 0.6 is 11.6 Å². The summed E-state index contributed by atoms with van der Waals surface area (Å²) in [6.45, 7) is 0. The SMILES string of the molecule is NC(Cc1ccncc1Cl)c1cc(F)ccc1F. The van der Waals surface area contributed by atoms with Gasteiger partial charge in [0.25, 0.3) is 0 Å². The van der Waals surface area contributed by atoms with Crippen molar-refractivity contribution < 1.29 is 8.78 Å². The number of aromatic nitrogens is 1. The molecule has 0 amide bonds. The second kappa shape index (κ2) is 5.42. The molecule has 5 heteroatoms. The molecular weight excluding hydrogens is 258 g/mol. The van der Waals surface area contributed by atoms with Gasteiger partial charge in [-0.1, -0.05) is 11.6 Å². The molecule has 18 heavy (non-hydrogen) atoms. The van der Waals surface area contributed by atoms with Gasteiger partial charge in [0.05, 0.1) is 5.02 Å². The molecule has 1 aromatic heterocycles. The first-order valence-corrected chi connectivity index (χ1v) is 5.74. The molecule has 2 aromatic rings. The molecular formula is C13H11ClF2N2. The summed E-state index contributed by atoms with van der Waals surface area (Å²) in [7, 11) is 0. The van der Waals surface area contributed by atoms with Gasteiger partial charge in [-0.15, -0.1) is 0 Å². The molecule has 1 unspecified atom stereocenters. The second-order valence-electron chi connectivity index (χ2n) is 3.94. The van der Waals surface area contributed by atoms with Gasteiger partial charge in [-0.25, -0.2) is 8.78 Å². The van der Waals surface area contributed by atoms with Crippen molar-refractivity contribution >= 4 is 11.6 Å². The van der Waals surface area contributed by atoms with Gasteiger partial charge in [-0.2, -0.15) is 0 Å². The van der Waals surface area contributed by atoms with Crippen LogP contribution < -0.4 is 5.73 Å². The minimum atomic E-state index is -0.652. The number of halogens is 3. The Labute approximate surface area is 108 Å². The highest BCUT2D eigenvalue weighted by Crippen LogP contribution is 2.23. The fourth-order valence-corrected chi connectivity index (χ4v) is 1.91. The van der Waals surface area contributed by atoms with E-state index in [2.05, 4.69) is 4.98 Å². The fourth-order valence-electron chi connectivity index (χ4n) is 1.72. The van der Waals surface area contributed by atoms with Gasteiger partial charge in [-0.05, 0) is 36.2 Å². The van der Waals surface area contributed by atoms with Crippen LogP contribution in [0.1, 0.15) is 17.2 Å².